The number of rotatable bonds is 7. The first-order valence-electron chi connectivity index (χ1n) is 13.1. The number of hydrogen-bond donors (Lipinski definition) is 2. The van der Waals surface area contributed by atoms with Crippen LogP contribution >= 0.6 is 0 Å². The number of nitrogens with zero attached hydrogens (tertiary/aromatic N) is 1. The third-order valence-electron chi connectivity index (χ3n) is 7.69. The Labute approximate surface area is 228 Å². The minimum absolute atomic E-state index is 0.623. The number of hydrogen-bond acceptors (Lipinski definition) is 3. The Morgan fingerprint density at radius 2 is 1.15 bits per heavy atom. The molecular formula is C35H30N2O2. The fraction of sp³-hybridized carbons (Fsp3) is 0.114. The second-order valence-electron chi connectivity index (χ2n) is 9.99. The van der Waals surface area contributed by atoms with E-state index in [-0.39, 0.29) is 0 Å². The van der Waals surface area contributed by atoms with Crippen molar-refractivity contribution in [1.82, 2.24) is 9.97 Å². The average molecular weight is 511 g/mol. The summed E-state index contributed by atoms with van der Waals surface area (Å²) in [6, 6.07) is 43.2. The van der Waals surface area contributed by atoms with Crippen molar-refractivity contribution in [2.75, 3.05) is 7.11 Å². The van der Waals surface area contributed by atoms with Gasteiger partial charge in [-0.2, -0.15) is 0 Å². The van der Waals surface area contributed by atoms with Gasteiger partial charge in [0.1, 0.15) is 22.6 Å². The molecule has 1 aromatic heterocycles. The maximum Gasteiger partial charge on any atom is 0.128 e. The summed E-state index contributed by atoms with van der Waals surface area (Å²) in [5.41, 5.74) is 2.65. The summed E-state index contributed by atoms with van der Waals surface area (Å²) >= 11 is 0. The first kappa shape index (κ1) is 24.7. The molecule has 0 saturated heterocycles. The van der Waals surface area contributed by atoms with E-state index in [2.05, 4.69) is 77.8 Å². The topological polar surface area (TPSA) is 58.1 Å². The van der Waals surface area contributed by atoms with Crippen molar-refractivity contribution in [3.8, 4) is 5.75 Å². The van der Waals surface area contributed by atoms with Crippen LogP contribution in [0.1, 0.15) is 40.7 Å². The maximum atomic E-state index is 11.9. The molecule has 2 N–H and O–H groups in total. The molecule has 4 nitrogen and oxygen atoms in total. The molecule has 0 spiro atoms. The smallest absolute Gasteiger partial charge is 0.128 e. The van der Waals surface area contributed by atoms with E-state index >= 15 is 0 Å². The monoisotopic (exact) mass is 510 g/mol. The van der Waals surface area contributed by atoms with Crippen LogP contribution in [0.5, 0.6) is 5.75 Å². The first-order valence-corrected chi connectivity index (χ1v) is 13.1. The van der Waals surface area contributed by atoms with E-state index in [4.69, 9.17) is 9.72 Å². The first-order chi connectivity index (χ1) is 19.0. The molecule has 39 heavy (non-hydrogen) atoms. The number of benzene rings is 5. The van der Waals surface area contributed by atoms with Crippen molar-refractivity contribution < 1.29 is 9.84 Å². The van der Waals surface area contributed by atoms with Gasteiger partial charge in [-0.25, -0.2) is 4.98 Å². The molecular weight excluding hydrogens is 480 g/mol. The quantitative estimate of drug-likeness (QED) is 0.223. The van der Waals surface area contributed by atoms with E-state index in [1.54, 1.807) is 13.3 Å². The van der Waals surface area contributed by atoms with Crippen molar-refractivity contribution in [3.63, 3.8) is 0 Å². The van der Waals surface area contributed by atoms with Gasteiger partial charge in [0.25, 0.3) is 0 Å². The number of imidazole rings is 1. The zero-order chi connectivity index (χ0) is 26.9. The van der Waals surface area contributed by atoms with Gasteiger partial charge in [0.2, 0.25) is 0 Å². The number of fused-ring (bicyclic) bond motifs is 1. The van der Waals surface area contributed by atoms with Crippen LogP contribution in [0.15, 0.2) is 134 Å². The molecule has 0 fully saturated rings. The minimum atomic E-state index is -1.30. The zero-order valence-electron chi connectivity index (χ0n) is 22.0. The molecule has 6 aromatic rings. The van der Waals surface area contributed by atoms with Gasteiger partial charge < -0.3 is 14.8 Å². The van der Waals surface area contributed by atoms with Crippen LogP contribution < -0.4 is 4.74 Å². The number of aromatic amines is 1. The van der Waals surface area contributed by atoms with Crippen LogP contribution in [0.4, 0.5) is 0 Å². The molecule has 0 aliphatic rings. The van der Waals surface area contributed by atoms with Crippen molar-refractivity contribution in [3.05, 3.63) is 167 Å². The van der Waals surface area contributed by atoms with E-state index in [1.165, 1.54) is 0 Å². The van der Waals surface area contributed by atoms with Gasteiger partial charge in [-0.05, 0) is 58.1 Å². The maximum absolute atomic E-state index is 11.9. The highest BCUT2D eigenvalue weighted by Crippen LogP contribution is 2.44. The van der Waals surface area contributed by atoms with E-state index in [9.17, 15) is 5.11 Å². The lowest BCUT2D eigenvalue weighted by atomic mass is 9.69. The minimum Gasteiger partial charge on any atom is -0.497 e. The lowest BCUT2D eigenvalue weighted by Gasteiger charge is -2.34. The van der Waals surface area contributed by atoms with Gasteiger partial charge in [0.05, 0.1) is 19.0 Å². The Hall–Kier alpha value is -4.67. The summed E-state index contributed by atoms with van der Waals surface area (Å²) < 4.78 is 5.37. The third kappa shape index (κ3) is 4.19. The lowest BCUT2D eigenvalue weighted by molar-refractivity contribution is 0.0978. The molecule has 0 amide bonds. The summed E-state index contributed by atoms with van der Waals surface area (Å²) in [7, 11) is 1.66. The SMILES string of the molecule is COc1ccc2cc(C(C)(O)c3cnc(C(c4ccccc4)(c4ccccc4)c4ccccc4)[nH]3)ccc2c1. The van der Waals surface area contributed by atoms with E-state index < -0.39 is 11.0 Å². The molecule has 5 aromatic carbocycles. The molecule has 1 atom stereocenters. The number of methoxy groups -OCH3 is 1. The van der Waals surface area contributed by atoms with Crippen LogP contribution in [0.3, 0.4) is 0 Å². The molecule has 0 aliphatic heterocycles. The van der Waals surface area contributed by atoms with Gasteiger partial charge in [-0.15, -0.1) is 0 Å². The molecule has 0 radical (unpaired) electrons. The largest absolute Gasteiger partial charge is 0.497 e. The predicted molar refractivity (Wildman–Crippen MR) is 156 cm³/mol. The normalized spacial score (nSPS) is 13.2. The molecule has 0 saturated carbocycles. The van der Waals surface area contributed by atoms with Crippen molar-refractivity contribution >= 4 is 10.8 Å². The Morgan fingerprint density at radius 1 is 0.641 bits per heavy atom. The van der Waals surface area contributed by atoms with Gasteiger partial charge in [0, 0.05) is 0 Å². The number of aliphatic hydroxyl groups is 1. The number of nitrogens with one attached hydrogen (secondary N) is 1. The molecule has 4 heteroatoms. The molecule has 1 unspecified atom stereocenters. The van der Waals surface area contributed by atoms with Crippen molar-refractivity contribution in [2.45, 2.75) is 17.9 Å². The summed E-state index contributed by atoms with van der Waals surface area (Å²) in [5, 5.41) is 14.0. The van der Waals surface area contributed by atoms with Crippen LogP contribution in [-0.2, 0) is 11.0 Å². The van der Waals surface area contributed by atoms with Gasteiger partial charge in [-0.3, -0.25) is 0 Å². The van der Waals surface area contributed by atoms with Gasteiger partial charge in [-0.1, -0.05) is 109 Å². The molecule has 6 rings (SSSR count). The fourth-order valence-electron chi connectivity index (χ4n) is 5.54. The second kappa shape index (κ2) is 9.90. The Bertz CT molecular complexity index is 1610. The van der Waals surface area contributed by atoms with Crippen molar-refractivity contribution in [2.24, 2.45) is 0 Å². The number of ether oxygens (including phenoxy) is 1. The standard InChI is InChI=1S/C35H30N2O2/c1-34(38,30-20-18-26-23-31(39-2)21-19-25(26)22-30)32-24-36-33(37-32)35(27-12-6-3-7-13-27,28-14-8-4-9-15-28)29-16-10-5-11-17-29/h3-24,38H,1-2H3,(H,36,37). The summed E-state index contributed by atoms with van der Waals surface area (Å²) in [4.78, 5) is 8.54. The summed E-state index contributed by atoms with van der Waals surface area (Å²) in [5.74, 6) is 1.55. The molecule has 0 bridgehead atoms. The predicted octanol–water partition coefficient (Wildman–Crippen LogP) is 7.21. The Kier molecular flexibility index (Phi) is 6.26. The van der Waals surface area contributed by atoms with Crippen LogP contribution in [0.2, 0.25) is 0 Å². The van der Waals surface area contributed by atoms with E-state index in [0.29, 0.717) is 5.69 Å². The van der Waals surface area contributed by atoms with Crippen LogP contribution in [-0.4, -0.2) is 22.2 Å². The highest BCUT2D eigenvalue weighted by molar-refractivity contribution is 5.84. The van der Waals surface area contributed by atoms with Crippen molar-refractivity contribution in [1.29, 1.82) is 0 Å². The highest BCUT2D eigenvalue weighted by Gasteiger charge is 2.42. The second-order valence-corrected chi connectivity index (χ2v) is 9.99. The van der Waals surface area contributed by atoms with Gasteiger partial charge in [0.15, 0.2) is 0 Å². The fourth-order valence-corrected chi connectivity index (χ4v) is 5.54. The molecule has 1 heterocycles. The molecule has 0 aliphatic carbocycles. The number of H-pyrrole nitrogens is 1. The number of aromatic nitrogens is 2. The van der Waals surface area contributed by atoms with Crippen LogP contribution in [0.25, 0.3) is 10.8 Å². The summed E-state index contributed by atoms with van der Waals surface area (Å²) in [6.45, 7) is 1.81. The lowest BCUT2D eigenvalue weighted by Crippen LogP contribution is -2.33. The van der Waals surface area contributed by atoms with Gasteiger partial charge >= 0.3 is 0 Å². The third-order valence-corrected chi connectivity index (χ3v) is 7.69. The average Bonchev–Trinajstić information content (AvgIpc) is 3.50. The Morgan fingerprint density at radius 3 is 1.69 bits per heavy atom. The molecule has 192 valence electrons. The van der Waals surface area contributed by atoms with E-state index in [1.807, 2.05) is 61.5 Å². The Balaban J connectivity index is 1.53. The highest BCUT2D eigenvalue weighted by atomic mass is 16.5. The summed E-state index contributed by atoms with van der Waals surface area (Å²) in [6.07, 6.45) is 1.76. The zero-order valence-corrected chi connectivity index (χ0v) is 22.0. The van der Waals surface area contributed by atoms with Crippen LogP contribution in [0, 0.1) is 0 Å². The van der Waals surface area contributed by atoms with E-state index in [0.717, 1.165) is 44.6 Å².